The van der Waals surface area contributed by atoms with Crippen molar-refractivity contribution in [2.24, 2.45) is 0 Å². The Bertz CT molecular complexity index is 666. The Morgan fingerprint density at radius 1 is 1.16 bits per heavy atom. The van der Waals surface area contributed by atoms with E-state index >= 15 is 0 Å². The summed E-state index contributed by atoms with van der Waals surface area (Å²) in [5.41, 5.74) is 1.96. The zero-order valence-corrected chi connectivity index (χ0v) is 14.6. The molecule has 0 aromatic heterocycles. The van der Waals surface area contributed by atoms with E-state index in [1.54, 1.807) is 0 Å². The van der Waals surface area contributed by atoms with Gasteiger partial charge in [0.1, 0.15) is 0 Å². The number of amides is 1. The fraction of sp³-hybridized carbons (Fsp3) is 0.600. The second-order valence-electron chi connectivity index (χ2n) is 7.74. The molecule has 2 saturated heterocycles. The number of piperidine rings is 2. The van der Waals surface area contributed by atoms with Crippen LogP contribution in [-0.4, -0.2) is 36.6 Å². The summed E-state index contributed by atoms with van der Waals surface area (Å²) < 4.78 is 0. The van der Waals surface area contributed by atoms with Crippen LogP contribution in [0.1, 0.15) is 50.5 Å². The van der Waals surface area contributed by atoms with Crippen LogP contribution in [0.5, 0.6) is 0 Å². The summed E-state index contributed by atoms with van der Waals surface area (Å²) in [6.07, 6.45) is 7.36. The molecular weight excluding hydrogens is 312 g/mol. The summed E-state index contributed by atoms with van der Waals surface area (Å²) in [5, 5.41) is 16.1. The van der Waals surface area contributed by atoms with Gasteiger partial charge < -0.3 is 15.5 Å². The SMILES string of the molecule is N#Cc1ccc(N2CCC(NC3CCC(=O)NC34CCC4)CC2)cc1. The summed E-state index contributed by atoms with van der Waals surface area (Å²) in [7, 11) is 0. The minimum Gasteiger partial charge on any atom is -0.371 e. The van der Waals surface area contributed by atoms with Gasteiger partial charge in [-0.3, -0.25) is 4.79 Å². The number of benzene rings is 1. The molecule has 5 heteroatoms. The van der Waals surface area contributed by atoms with E-state index in [1.807, 2.05) is 24.3 Å². The van der Waals surface area contributed by atoms with Crippen molar-refractivity contribution in [2.75, 3.05) is 18.0 Å². The molecule has 2 heterocycles. The maximum absolute atomic E-state index is 11.8. The molecule has 0 bridgehead atoms. The molecule has 1 aliphatic carbocycles. The number of nitrogens with one attached hydrogen (secondary N) is 2. The molecule has 25 heavy (non-hydrogen) atoms. The van der Waals surface area contributed by atoms with Gasteiger partial charge >= 0.3 is 0 Å². The van der Waals surface area contributed by atoms with Crippen molar-refractivity contribution in [2.45, 2.75) is 62.6 Å². The van der Waals surface area contributed by atoms with Crippen molar-refractivity contribution in [1.29, 1.82) is 5.26 Å². The minimum absolute atomic E-state index is 0.0413. The van der Waals surface area contributed by atoms with Gasteiger partial charge in [-0.25, -0.2) is 0 Å². The summed E-state index contributed by atoms with van der Waals surface area (Å²) >= 11 is 0. The Balaban J connectivity index is 1.33. The molecule has 1 aromatic rings. The van der Waals surface area contributed by atoms with Crippen molar-refractivity contribution >= 4 is 11.6 Å². The van der Waals surface area contributed by atoms with Gasteiger partial charge in [-0.05, 0) is 62.8 Å². The predicted molar refractivity (Wildman–Crippen MR) is 97.3 cm³/mol. The Hall–Kier alpha value is -2.06. The molecule has 132 valence electrons. The third-order valence-corrected chi connectivity index (χ3v) is 6.25. The summed E-state index contributed by atoms with van der Waals surface area (Å²) in [6, 6.07) is 11.0. The monoisotopic (exact) mass is 338 g/mol. The van der Waals surface area contributed by atoms with Crippen LogP contribution in [0.15, 0.2) is 24.3 Å². The second-order valence-corrected chi connectivity index (χ2v) is 7.74. The minimum atomic E-state index is 0.0413. The van der Waals surface area contributed by atoms with Crippen LogP contribution < -0.4 is 15.5 Å². The van der Waals surface area contributed by atoms with E-state index in [4.69, 9.17) is 5.26 Å². The zero-order chi connectivity index (χ0) is 17.3. The maximum Gasteiger partial charge on any atom is 0.220 e. The Morgan fingerprint density at radius 2 is 1.88 bits per heavy atom. The van der Waals surface area contributed by atoms with Gasteiger partial charge in [0.05, 0.1) is 17.2 Å². The smallest absolute Gasteiger partial charge is 0.220 e. The Morgan fingerprint density at radius 3 is 2.48 bits per heavy atom. The summed E-state index contributed by atoms with van der Waals surface area (Å²) in [4.78, 5) is 14.2. The highest BCUT2D eigenvalue weighted by molar-refractivity contribution is 5.78. The molecule has 4 rings (SSSR count). The highest BCUT2D eigenvalue weighted by Gasteiger charge is 2.48. The molecule has 1 spiro atoms. The van der Waals surface area contributed by atoms with Crippen LogP contribution in [0.2, 0.25) is 0 Å². The molecule has 3 fully saturated rings. The first-order valence-electron chi connectivity index (χ1n) is 9.51. The molecule has 1 saturated carbocycles. The van der Waals surface area contributed by atoms with Gasteiger partial charge in [-0.1, -0.05) is 0 Å². The van der Waals surface area contributed by atoms with Crippen molar-refractivity contribution in [1.82, 2.24) is 10.6 Å². The first-order chi connectivity index (χ1) is 12.2. The molecule has 2 aliphatic heterocycles. The average molecular weight is 338 g/mol. The number of hydrogen-bond acceptors (Lipinski definition) is 4. The van der Waals surface area contributed by atoms with Gasteiger partial charge in [0.25, 0.3) is 0 Å². The van der Waals surface area contributed by atoms with E-state index < -0.39 is 0 Å². The Kier molecular flexibility index (Phi) is 4.39. The summed E-state index contributed by atoms with van der Waals surface area (Å²) in [6.45, 7) is 2.07. The third kappa shape index (κ3) is 3.23. The van der Waals surface area contributed by atoms with Crippen LogP contribution in [0, 0.1) is 11.3 Å². The molecule has 1 unspecified atom stereocenters. The van der Waals surface area contributed by atoms with Crippen molar-refractivity contribution in [3.05, 3.63) is 29.8 Å². The Labute approximate surface area is 149 Å². The standard InChI is InChI=1S/C20H26N4O/c21-14-15-2-4-17(5-3-15)24-12-8-16(9-13-24)22-18-6-7-19(25)23-20(18)10-1-11-20/h2-5,16,18,22H,1,6-13H2,(H,23,25). The lowest BCUT2D eigenvalue weighted by atomic mass is 9.68. The molecule has 0 radical (unpaired) electrons. The maximum atomic E-state index is 11.8. The molecule has 5 nitrogen and oxygen atoms in total. The zero-order valence-electron chi connectivity index (χ0n) is 14.6. The van der Waals surface area contributed by atoms with E-state index in [0.717, 1.165) is 45.2 Å². The molecule has 1 atom stereocenters. The van der Waals surface area contributed by atoms with Crippen LogP contribution >= 0.6 is 0 Å². The summed E-state index contributed by atoms with van der Waals surface area (Å²) in [5.74, 6) is 0.230. The molecule has 1 aromatic carbocycles. The van der Waals surface area contributed by atoms with E-state index in [2.05, 4.69) is 21.6 Å². The largest absolute Gasteiger partial charge is 0.371 e. The van der Waals surface area contributed by atoms with E-state index in [9.17, 15) is 4.79 Å². The van der Waals surface area contributed by atoms with Gasteiger partial charge in [0.15, 0.2) is 0 Å². The lowest BCUT2D eigenvalue weighted by Crippen LogP contribution is -2.69. The second kappa shape index (κ2) is 6.68. The van der Waals surface area contributed by atoms with Crippen molar-refractivity contribution in [3.8, 4) is 6.07 Å². The van der Waals surface area contributed by atoms with E-state index in [-0.39, 0.29) is 11.4 Å². The topological polar surface area (TPSA) is 68.2 Å². The normalized spacial score (nSPS) is 26.0. The van der Waals surface area contributed by atoms with Gasteiger partial charge in [0, 0.05) is 37.3 Å². The van der Waals surface area contributed by atoms with Crippen LogP contribution in [-0.2, 0) is 4.79 Å². The first-order valence-corrected chi connectivity index (χ1v) is 9.51. The third-order valence-electron chi connectivity index (χ3n) is 6.25. The highest BCUT2D eigenvalue weighted by Crippen LogP contribution is 2.39. The average Bonchev–Trinajstić information content (AvgIpc) is 2.62. The first kappa shape index (κ1) is 16.4. The molecule has 2 N–H and O–H groups in total. The number of carbonyl (C=O) groups excluding carboxylic acids is 1. The van der Waals surface area contributed by atoms with Crippen molar-refractivity contribution in [3.63, 3.8) is 0 Å². The number of hydrogen-bond donors (Lipinski definition) is 2. The van der Waals surface area contributed by atoms with Gasteiger partial charge in [-0.15, -0.1) is 0 Å². The fourth-order valence-electron chi connectivity index (χ4n) is 4.59. The number of anilines is 1. The van der Waals surface area contributed by atoms with Crippen molar-refractivity contribution < 1.29 is 4.79 Å². The van der Waals surface area contributed by atoms with E-state index in [1.165, 1.54) is 12.1 Å². The van der Waals surface area contributed by atoms with Gasteiger partial charge in [0.2, 0.25) is 5.91 Å². The lowest BCUT2D eigenvalue weighted by Gasteiger charge is -2.52. The predicted octanol–water partition coefficient (Wildman–Crippen LogP) is 2.32. The number of nitrogens with zero attached hydrogens (tertiary/aromatic N) is 2. The lowest BCUT2D eigenvalue weighted by molar-refractivity contribution is -0.128. The fourth-order valence-corrected chi connectivity index (χ4v) is 4.59. The quantitative estimate of drug-likeness (QED) is 0.887. The number of rotatable bonds is 3. The molecule has 1 amide bonds. The number of carbonyl (C=O) groups is 1. The molecular formula is C20H26N4O. The van der Waals surface area contributed by atoms with Crippen LogP contribution in [0.3, 0.4) is 0 Å². The van der Waals surface area contributed by atoms with E-state index in [0.29, 0.717) is 24.1 Å². The van der Waals surface area contributed by atoms with Crippen LogP contribution in [0.4, 0.5) is 5.69 Å². The number of nitriles is 1. The van der Waals surface area contributed by atoms with Gasteiger partial charge in [-0.2, -0.15) is 5.26 Å². The highest BCUT2D eigenvalue weighted by atomic mass is 16.1. The van der Waals surface area contributed by atoms with Crippen LogP contribution in [0.25, 0.3) is 0 Å². The molecule has 3 aliphatic rings.